The molecule has 0 bridgehead atoms. The van der Waals surface area contributed by atoms with Crippen LogP contribution in [-0.2, 0) is 4.79 Å². The van der Waals surface area contributed by atoms with E-state index in [9.17, 15) is 10.1 Å². The lowest BCUT2D eigenvalue weighted by molar-refractivity contribution is -0.128. The molecule has 6 nitrogen and oxygen atoms in total. The predicted octanol–water partition coefficient (Wildman–Crippen LogP) is 4.59. The molecule has 2 N–H and O–H groups in total. The van der Waals surface area contributed by atoms with Crippen molar-refractivity contribution in [3.8, 4) is 23.3 Å². The van der Waals surface area contributed by atoms with Crippen LogP contribution in [0.4, 0.5) is 0 Å². The zero-order valence-corrected chi connectivity index (χ0v) is 17.4. The summed E-state index contributed by atoms with van der Waals surface area (Å²) in [4.78, 5) is 13.2. The number of carbonyl (C=O) groups is 1. The summed E-state index contributed by atoms with van der Waals surface area (Å²) < 4.78 is 16.2. The van der Waals surface area contributed by atoms with Crippen LogP contribution in [0.25, 0.3) is 6.08 Å². The van der Waals surface area contributed by atoms with E-state index < -0.39 is 5.97 Å². The Morgan fingerprint density at radius 1 is 1.19 bits per heavy atom. The molecular weight excluding hydrogens is 412 g/mol. The molecule has 1 aliphatic rings. The van der Waals surface area contributed by atoms with Crippen LogP contribution in [0.15, 0.2) is 77.5 Å². The second-order valence-electron chi connectivity index (χ2n) is 6.67. The molecular formula is C24H18N2O4S. The fourth-order valence-electron chi connectivity index (χ4n) is 3.28. The largest absolute Gasteiger partial charge is 0.497 e. The molecule has 0 saturated carbocycles. The van der Waals surface area contributed by atoms with Gasteiger partial charge in [0.2, 0.25) is 5.88 Å². The van der Waals surface area contributed by atoms with Crippen LogP contribution in [0.2, 0.25) is 0 Å². The van der Waals surface area contributed by atoms with E-state index >= 15 is 0 Å². The molecule has 1 atom stereocenters. The van der Waals surface area contributed by atoms with Crippen molar-refractivity contribution in [2.24, 2.45) is 5.73 Å². The summed E-state index contributed by atoms with van der Waals surface area (Å²) in [6.07, 6.45) is 3.00. The van der Waals surface area contributed by atoms with Gasteiger partial charge in [-0.15, -0.1) is 11.3 Å². The van der Waals surface area contributed by atoms with Crippen molar-refractivity contribution in [1.29, 1.82) is 5.26 Å². The Balaban J connectivity index is 1.54. The number of hydrogen-bond donors (Lipinski definition) is 1. The van der Waals surface area contributed by atoms with E-state index in [4.69, 9.17) is 19.9 Å². The smallest absolute Gasteiger partial charge is 0.336 e. The number of thiophene rings is 1. The summed E-state index contributed by atoms with van der Waals surface area (Å²) in [5.74, 6) is 0.732. The van der Waals surface area contributed by atoms with Gasteiger partial charge in [-0.1, -0.05) is 24.3 Å². The number of benzene rings is 2. The lowest BCUT2D eigenvalue weighted by atomic mass is 9.88. The summed E-state index contributed by atoms with van der Waals surface area (Å²) >= 11 is 1.54. The quantitative estimate of drug-likeness (QED) is 0.361. The van der Waals surface area contributed by atoms with Crippen LogP contribution in [0.5, 0.6) is 17.2 Å². The average molecular weight is 430 g/mol. The highest BCUT2D eigenvalue weighted by Gasteiger charge is 2.31. The molecule has 0 aliphatic carbocycles. The van der Waals surface area contributed by atoms with Crippen molar-refractivity contribution < 1.29 is 19.0 Å². The molecule has 4 rings (SSSR count). The van der Waals surface area contributed by atoms with Gasteiger partial charge in [0.25, 0.3) is 0 Å². The number of ether oxygens (including phenoxy) is 3. The first-order chi connectivity index (χ1) is 15.1. The fraction of sp³-hybridized carbons (Fsp3) is 0.0833. The number of nitrogens with two attached hydrogens (primary N) is 1. The number of rotatable bonds is 5. The molecule has 31 heavy (non-hydrogen) atoms. The zero-order valence-electron chi connectivity index (χ0n) is 16.6. The van der Waals surface area contributed by atoms with Gasteiger partial charge in [-0.25, -0.2) is 4.79 Å². The maximum atomic E-state index is 12.2. The molecule has 0 amide bonds. The summed E-state index contributed by atoms with van der Waals surface area (Å²) in [5.41, 5.74) is 7.99. The maximum absolute atomic E-state index is 12.2. The van der Waals surface area contributed by atoms with Crippen LogP contribution < -0.4 is 19.9 Å². The van der Waals surface area contributed by atoms with Gasteiger partial charge in [-0.2, -0.15) is 5.26 Å². The van der Waals surface area contributed by atoms with Gasteiger partial charge in [-0.05, 0) is 41.3 Å². The Morgan fingerprint density at radius 3 is 2.65 bits per heavy atom. The lowest BCUT2D eigenvalue weighted by Crippen LogP contribution is -2.20. The first-order valence-corrected chi connectivity index (χ1v) is 10.3. The van der Waals surface area contributed by atoms with Crippen molar-refractivity contribution in [2.45, 2.75) is 5.92 Å². The highest BCUT2D eigenvalue weighted by molar-refractivity contribution is 7.10. The first kappa shape index (κ1) is 20.3. The summed E-state index contributed by atoms with van der Waals surface area (Å²) in [6, 6.07) is 18.4. The van der Waals surface area contributed by atoms with Gasteiger partial charge in [-0.3, -0.25) is 0 Å². The summed E-state index contributed by atoms with van der Waals surface area (Å²) in [6.45, 7) is 0. The van der Waals surface area contributed by atoms with Gasteiger partial charge in [0.05, 0.1) is 13.0 Å². The van der Waals surface area contributed by atoms with Crippen LogP contribution in [0, 0.1) is 11.3 Å². The molecule has 0 saturated heterocycles. The number of allylic oxidation sites excluding steroid dienone is 1. The van der Waals surface area contributed by atoms with Crippen LogP contribution in [-0.4, -0.2) is 13.1 Å². The third kappa shape index (κ3) is 4.29. The summed E-state index contributed by atoms with van der Waals surface area (Å²) in [5, 5.41) is 11.5. The number of nitriles is 1. The van der Waals surface area contributed by atoms with E-state index in [-0.39, 0.29) is 11.8 Å². The first-order valence-electron chi connectivity index (χ1n) is 9.38. The second kappa shape index (κ2) is 8.78. The zero-order chi connectivity index (χ0) is 21.8. The minimum atomic E-state index is -0.525. The van der Waals surface area contributed by atoms with Crippen molar-refractivity contribution >= 4 is 23.4 Å². The van der Waals surface area contributed by atoms with E-state index in [2.05, 4.69) is 6.07 Å². The van der Waals surface area contributed by atoms with Crippen molar-refractivity contribution in [2.75, 3.05) is 7.11 Å². The van der Waals surface area contributed by atoms with E-state index in [0.717, 1.165) is 21.8 Å². The van der Waals surface area contributed by atoms with E-state index in [0.29, 0.717) is 17.1 Å². The van der Waals surface area contributed by atoms with Gasteiger partial charge >= 0.3 is 5.97 Å². The number of hydrogen-bond acceptors (Lipinski definition) is 7. The number of nitrogens with zero attached hydrogens (tertiary/aromatic N) is 1. The van der Waals surface area contributed by atoms with E-state index in [1.54, 1.807) is 31.4 Å². The number of methoxy groups -OCH3 is 1. The molecule has 1 unspecified atom stereocenters. The number of fused-ring (bicyclic) bond motifs is 1. The number of esters is 1. The molecule has 1 aliphatic heterocycles. The molecule has 2 heterocycles. The van der Waals surface area contributed by atoms with E-state index in [1.807, 2.05) is 41.8 Å². The highest BCUT2D eigenvalue weighted by atomic mass is 32.1. The van der Waals surface area contributed by atoms with Crippen LogP contribution in [0.3, 0.4) is 0 Å². The van der Waals surface area contributed by atoms with Gasteiger partial charge < -0.3 is 19.9 Å². The van der Waals surface area contributed by atoms with Gasteiger partial charge in [0, 0.05) is 22.6 Å². The molecule has 1 aromatic heterocycles. The topological polar surface area (TPSA) is 94.6 Å². The standard InChI is InChI=1S/C24H18N2O4S/c1-28-16-7-4-15(5-8-16)6-11-22(27)29-17-9-10-18-20(13-17)30-24(26)19(14-25)23(18)21-3-2-12-31-21/h2-13,23H,26H2,1H3/b11-6+. The molecule has 0 spiro atoms. The van der Waals surface area contributed by atoms with Crippen LogP contribution >= 0.6 is 11.3 Å². The van der Waals surface area contributed by atoms with Crippen molar-refractivity contribution in [1.82, 2.24) is 0 Å². The van der Waals surface area contributed by atoms with Crippen molar-refractivity contribution in [3.05, 3.63) is 93.5 Å². The predicted molar refractivity (Wildman–Crippen MR) is 118 cm³/mol. The third-order valence-corrected chi connectivity index (χ3v) is 5.70. The molecule has 3 aromatic rings. The SMILES string of the molecule is COc1ccc(/C=C/C(=O)Oc2ccc3c(c2)OC(N)=C(C#N)C3c2cccs2)cc1. The fourth-order valence-corrected chi connectivity index (χ4v) is 4.13. The minimum absolute atomic E-state index is 0.0521. The Hall–Kier alpha value is -4.02. The molecule has 154 valence electrons. The Kier molecular flexibility index (Phi) is 5.74. The molecule has 0 radical (unpaired) electrons. The second-order valence-corrected chi connectivity index (χ2v) is 7.65. The van der Waals surface area contributed by atoms with Crippen molar-refractivity contribution in [3.63, 3.8) is 0 Å². The monoisotopic (exact) mass is 430 g/mol. The summed E-state index contributed by atoms with van der Waals surface area (Å²) in [7, 11) is 1.59. The number of carbonyl (C=O) groups excluding carboxylic acids is 1. The Labute approximate surface area is 183 Å². The lowest BCUT2D eigenvalue weighted by Gasteiger charge is -2.25. The Morgan fingerprint density at radius 2 is 1.97 bits per heavy atom. The average Bonchev–Trinajstić information content (AvgIpc) is 3.31. The molecule has 2 aromatic carbocycles. The highest BCUT2D eigenvalue weighted by Crippen LogP contribution is 2.44. The van der Waals surface area contributed by atoms with Crippen LogP contribution in [0.1, 0.15) is 21.9 Å². The van der Waals surface area contributed by atoms with Gasteiger partial charge in [0.1, 0.15) is 28.9 Å². The molecule has 7 heteroatoms. The normalized spacial score (nSPS) is 15.2. The Bertz CT molecular complexity index is 1210. The minimum Gasteiger partial charge on any atom is -0.497 e. The van der Waals surface area contributed by atoms with Gasteiger partial charge in [0.15, 0.2) is 0 Å². The molecule has 0 fully saturated rings. The maximum Gasteiger partial charge on any atom is 0.336 e. The third-order valence-electron chi connectivity index (χ3n) is 4.76. The van der Waals surface area contributed by atoms with E-state index in [1.165, 1.54) is 17.4 Å².